The monoisotopic (exact) mass is 419 g/mol. The SMILES string of the molecule is CC(C)(C)Nc1nc(NCc2ccccc2)nc(NN=Cc2ccc3c(c2)OCO3)n1. The number of ether oxygens (including phenoxy) is 2. The van der Waals surface area contributed by atoms with Crippen molar-refractivity contribution in [3.8, 4) is 11.5 Å². The predicted molar refractivity (Wildman–Crippen MR) is 121 cm³/mol. The molecule has 31 heavy (non-hydrogen) atoms. The zero-order chi connectivity index (χ0) is 21.7. The second-order valence-corrected chi connectivity index (χ2v) is 8.00. The number of fused-ring (bicyclic) bond motifs is 1. The normalized spacial score (nSPS) is 12.7. The van der Waals surface area contributed by atoms with Crippen LogP contribution < -0.4 is 25.5 Å². The molecule has 0 bridgehead atoms. The Morgan fingerprint density at radius 3 is 2.48 bits per heavy atom. The van der Waals surface area contributed by atoms with Gasteiger partial charge in [-0.05, 0) is 50.1 Å². The highest BCUT2D eigenvalue weighted by atomic mass is 16.7. The molecule has 2 heterocycles. The molecule has 0 radical (unpaired) electrons. The second-order valence-electron chi connectivity index (χ2n) is 8.00. The molecule has 0 spiro atoms. The molecule has 3 N–H and O–H groups in total. The summed E-state index contributed by atoms with van der Waals surface area (Å²) < 4.78 is 10.7. The van der Waals surface area contributed by atoms with Crippen LogP contribution in [0.2, 0.25) is 0 Å². The number of nitrogens with one attached hydrogen (secondary N) is 3. The third-order valence-electron chi connectivity index (χ3n) is 4.19. The van der Waals surface area contributed by atoms with Gasteiger partial charge in [-0.3, -0.25) is 0 Å². The lowest BCUT2D eigenvalue weighted by Gasteiger charge is -2.20. The summed E-state index contributed by atoms with van der Waals surface area (Å²) in [5, 5.41) is 10.8. The van der Waals surface area contributed by atoms with Crippen LogP contribution in [-0.2, 0) is 6.54 Å². The van der Waals surface area contributed by atoms with Crippen LogP contribution in [0.1, 0.15) is 31.9 Å². The Hall–Kier alpha value is -3.88. The van der Waals surface area contributed by atoms with Crippen LogP contribution in [0.5, 0.6) is 11.5 Å². The average molecular weight is 419 g/mol. The maximum Gasteiger partial charge on any atom is 0.250 e. The molecule has 0 fully saturated rings. The number of hydrazone groups is 1. The molecular formula is C22H25N7O2. The van der Waals surface area contributed by atoms with Crippen LogP contribution in [0.3, 0.4) is 0 Å². The van der Waals surface area contributed by atoms with Crippen LogP contribution in [0.15, 0.2) is 53.6 Å². The molecule has 0 atom stereocenters. The fourth-order valence-corrected chi connectivity index (χ4v) is 2.83. The second kappa shape index (κ2) is 8.86. The number of hydrogen-bond donors (Lipinski definition) is 3. The standard InChI is InChI=1S/C22H25N7O2/c1-22(2,3)28-20-25-19(23-12-15-7-5-4-6-8-15)26-21(27-20)29-24-13-16-9-10-17-18(11-16)31-14-30-17/h4-11,13H,12,14H2,1-3H3,(H3,23,25,26,27,28,29). The van der Waals surface area contributed by atoms with Gasteiger partial charge in [-0.2, -0.15) is 20.1 Å². The minimum Gasteiger partial charge on any atom is -0.454 e. The first-order valence-corrected chi connectivity index (χ1v) is 9.95. The average Bonchev–Trinajstić information content (AvgIpc) is 3.20. The smallest absolute Gasteiger partial charge is 0.250 e. The van der Waals surface area contributed by atoms with Crippen LogP contribution >= 0.6 is 0 Å². The third kappa shape index (κ3) is 5.81. The first-order valence-electron chi connectivity index (χ1n) is 9.95. The van der Waals surface area contributed by atoms with Gasteiger partial charge in [-0.1, -0.05) is 30.3 Å². The summed E-state index contributed by atoms with van der Waals surface area (Å²) in [5.41, 5.74) is 4.67. The van der Waals surface area contributed by atoms with Crippen molar-refractivity contribution in [1.29, 1.82) is 0 Å². The Kier molecular flexibility index (Phi) is 5.83. The number of hydrogen-bond acceptors (Lipinski definition) is 9. The Labute approximate surface area is 180 Å². The van der Waals surface area contributed by atoms with E-state index in [1.54, 1.807) is 6.21 Å². The van der Waals surface area contributed by atoms with E-state index < -0.39 is 0 Å². The Morgan fingerprint density at radius 2 is 1.68 bits per heavy atom. The van der Waals surface area contributed by atoms with Gasteiger partial charge >= 0.3 is 0 Å². The molecule has 1 aliphatic heterocycles. The van der Waals surface area contributed by atoms with E-state index in [2.05, 4.69) is 36.1 Å². The highest BCUT2D eigenvalue weighted by molar-refractivity contribution is 5.81. The zero-order valence-corrected chi connectivity index (χ0v) is 17.7. The van der Waals surface area contributed by atoms with Crippen LogP contribution in [-0.4, -0.2) is 33.5 Å². The maximum absolute atomic E-state index is 5.39. The maximum atomic E-state index is 5.39. The van der Waals surface area contributed by atoms with Crippen LogP contribution in [0.25, 0.3) is 0 Å². The summed E-state index contributed by atoms with van der Waals surface area (Å²) in [6.45, 7) is 6.96. The van der Waals surface area contributed by atoms with E-state index in [-0.39, 0.29) is 12.3 Å². The molecule has 1 aromatic heterocycles. The number of rotatable bonds is 7. The van der Waals surface area contributed by atoms with Gasteiger partial charge in [0.2, 0.25) is 24.6 Å². The van der Waals surface area contributed by atoms with Crippen molar-refractivity contribution in [3.05, 3.63) is 59.7 Å². The molecule has 0 saturated carbocycles. The lowest BCUT2D eigenvalue weighted by molar-refractivity contribution is 0.174. The first kappa shape index (κ1) is 20.4. The molecule has 0 saturated heterocycles. The number of benzene rings is 2. The molecular weight excluding hydrogens is 394 g/mol. The van der Waals surface area contributed by atoms with Gasteiger partial charge < -0.3 is 20.1 Å². The molecule has 1 aliphatic rings. The van der Waals surface area contributed by atoms with E-state index in [9.17, 15) is 0 Å². The van der Waals surface area contributed by atoms with Gasteiger partial charge in [-0.15, -0.1) is 0 Å². The van der Waals surface area contributed by atoms with Crippen molar-refractivity contribution >= 4 is 24.1 Å². The molecule has 0 unspecified atom stereocenters. The molecule has 4 rings (SSSR count). The fourth-order valence-electron chi connectivity index (χ4n) is 2.83. The van der Waals surface area contributed by atoms with Crippen LogP contribution in [0.4, 0.5) is 17.8 Å². The quantitative estimate of drug-likeness (QED) is 0.392. The van der Waals surface area contributed by atoms with E-state index in [4.69, 9.17) is 9.47 Å². The Morgan fingerprint density at radius 1 is 0.935 bits per heavy atom. The summed E-state index contributed by atoms with van der Waals surface area (Å²) in [6.07, 6.45) is 1.67. The summed E-state index contributed by atoms with van der Waals surface area (Å²) in [5.74, 6) is 2.67. The molecule has 9 heteroatoms. The molecule has 160 valence electrons. The minimum absolute atomic E-state index is 0.203. The van der Waals surface area contributed by atoms with Crippen molar-refractivity contribution in [3.63, 3.8) is 0 Å². The van der Waals surface area contributed by atoms with Gasteiger partial charge in [0.05, 0.1) is 6.21 Å². The fraction of sp³-hybridized carbons (Fsp3) is 0.273. The molecule has 0 amide bonds. The molecule has 9 nitrogen and oxygen atoms in total. The van der Waals surface area contributed by atoms with Crippen molar-refractivity contribution < 1.29 is 9.47 Å². The van der Waals surface area contributed by atoms with Gasteiger partial charge in [0, 0.05) is 12.1 Å². The topological polar surface area (TPSA) is 106 Å². The molecule has 2 aromatic carbocycles. The van der Waals surface area contributed by atoms with E-state index in [0.29, 0.717) is 30.1 Å². The zero-order valence-electron chi connectivity index (χ0n) is 17.7. The van der Waals surface area contributed by atoms with Crippen molar-refractivity contribution in [2.75, 3.05) is 22.9 Å². The molecule has 0 aliphatic carbocycles. The minimum atomic E-state index is -0.203. The predicted octanol–water partition coefficient (Wildman–Crippen LogP) is 3.87. The van der Waals surface area contributed by atoms with E-state index >= 15 is 0 Å². The van der Waals surface area contributed by atoms with Gasteiger partial charge in [0.25, 0.3) is 0 Å². The number of nitrogens with zero attached hydrogens (tertiary/aromatic N) is 4. The lowest BCUT2D eigenvalue weighted by atomic mass is 10.1. The van der Waals surface area contributed by atoms with E-state index in [1.165, 1.54) is 0 Å². The van der Waals surface area contributed by atoms with Crippen LogP contribution in [0, 0.1) is 0 Å². The lowest BCUT2D eigenvalue weighted by Crippen LogP contribution is -2.28. The summed E-state index contributed by atoms with van der Waals surface area (Å²) in [4.78, 5) is 13.3. The van der Waals surface area contributed by atoms with Gasteiger partial charge in [0.1, 0.15) is 0 Å². The third-order valence-corrected chi connectivity index (χ3v) is 4.19. The Balaban J connectivity index is 1.48. The summed E-state index contributed by atoms with van der Waals surface area (Å²) in [6, 6.07) is 15.7. The van der Waals surface area contributed by atoms with Gasteiger partial charge in [0.15, 0.2) is 11.5 Å². The van der Waals surface area contributed by atoms with E-state index in [0.717, 1.165) is 16.9 Å². The highest BCUT2D eigenvalue weighted by Crippen LogP contribution is 2.32. The summed E-state index contributed by atoms with van der Waals surface area (Å²) in [7, 11) is 0. The van der Waals surface area contributed by atoms with E-state index in [1.807, 2.05) is 69.3 Å². The highest BCUT2D eigenvalue weighted by Gasteiger charge is 2.14. The van der Waals surface area contributed by atoms with Crippen molar-refractivity contribution in [1.82, 2.24) is 15.0 Å². The first-order chi connectivity index (χ1) is 14.9. The Bertz CT molecular complexity index is 1070. The largest absolute Gasteiger partial charge is 0.454 e. The molecule has 3 aromatic rings. The number of aromatic nitrogens is 3. The van der Waals surface area contributed by atoms with Crippen molar-refractivity contribution in [2.45, 2.75) is 32.9 Å². The van der Waals surface area contributed by atoms with Crippen molar-refractivity contribution in [2.24, 2.45) is 5.10 Å². The number of anilines is 3. The van der Waals surface area contributed by atoms with Gasteiger partial charge in [-0.25, -0.2) is 5.43 Å². The summed E-state index contributed by atoms with van der Waals surface area (Å²) >= 11 is 0.